The molecule has 0 aliphatic carbocycles. The molecule has 0 bridgehead atoms. The Morgan fingerprint density at radius 1 is 1.31 bits per heavy atom. The molecule has 0 saturated carbocycles. The predicted octanol–water partition coefficient (Wildman–Crippen LogP) is 3.34. The number of nitrogens with zero attached hydrogens (tertiary/aromatic N) is 5. The Bertz CT molecular complexity index is 1010. The number of benzene rings is 1. The summed E-state index contributed by atoms with van der Waals surface area (Å²) in [5, 5.41) is 10.9. The molecule has 3 heterocycles. The van der Waals surface area contributed by atoms with Gasteiger partial charge in [-0.15, -0.1) is 0 Å². The Morgan fingerprint density at radius 3 is 2.86 bits per heavy atom. The van der Waals surface area contributed by atoms with Crippen LogP contribution < -0.4 is 0 Å². The zero-order valence-electron chi connectivity index (χ0n) is 15.6. The van der Waals surface area contributed by atoms with Crippen LogP contribution in [-0.4, -0.2) is 48.9 Å². The summed E-state index contributed by atoms with van der Waals surface area (Å²) in [7, 11) is 0. The van der Waals surface area contributed by atoms with Crippen LogP contribution in [0.2, 0.25) is 0 Å². The van der Waals surface area contributed by atoms with Gasteiger partial charge in [0.05, 0.1) is 28.7 Å². The number of piperidine rings is 1. The lowest BCUT2D eigenvalue weighted by Gasteiger charge is -2.31. The first kappa shape index (κ1) is 19.2. The van der Waals surface area contributed by atoms with Crippen molar-refractivity contribution < 1.29 is 18.0 Å². The fraction of sp³-hybridized carbons (Fsp3) is 0.368. The third-order valence-electron chi connectivity index (χ3n) is 5.19. The Kier molecular flexibility index (Phi) is 4.85. The van der Waals surface area contributed by atoms with E-state index in [2.05, 4.69) is 20.3 Å². The molecule has 152 valence electrons. The maximum atomic E-state index is 13.1. The van der Waals surface area contributed by atoms with Crippen LogP contribution in [0.1, 0.15) is 46.2 Å². The van der Waals surface area contributed by atoms with Crippen LogP contribution >= 0.6 is 0 Å². The minimum atomic E-state index is -4.45. The lowest BCUT2D eigenvalue weighted by Crippen LogP contribution is -2.39. The average Bonchev–Trinajstić information content (AvgIpc) is 3.37. The van der Waals surface area contributed by atoms with Crippen LogP contribution in [0.5, 0.6) is 0 Å². The average molecular weight is 404 g/mol. The van der Waals surface area contributed by atoms with Crippen molar-refractivity contribution in [3.63, 3.8) is 0 Å². The third kappa shape index (κ3) is 3.74. The summed E-state index contributed by atoms with van der Waals surface area (Å²) in [4.78, 5) is 19.0. The number of rotatable bonds is 3. The molecule has 7 nitrogen and oxygen atoms in total. The quantitative estimate of drug-likeness (QED) is 0.726. The highest BCUT2D eigenvalue weighted by Crippen LogP contribution is 2.31. The molecule has 1 N–H and O–H groups in total. The Hall–Kier alpha value is -3.17. The second-order valence-electron chi connectivity index (χ2n) is 7.06. The maximum absolute atomic E-state index is 13.1. The van der Waals surface area contributed by atoms with Crippen LogP contribution in [0.25, 0.3) is 5.69 Å². The van der Waals surface area contributed by atoms with Gasteiger partial charge in [-0.2, -0.15) is 23.4 Å². The number of hydrogen-bond donors (Lipinski definition) is 1. The van der Waals surface area contributed by atoms with Crippen molar-refractivity contribution in [2.75, 3.05) is 13.1 Å². The van der Waals surface area contributed by atoms with Crippen molar-refractivity contribution in [3.05, 3.63) is 59.4 Å². The Labute approximate surface area is 164 Å². The molecule has 4 rings (SSSR count). The summed E-state index contributed by atoms with van der Waals surface area (Å²) >= 11 is 0. The number of amides is 1. The van der Waals surface area contributed by atoms with Crippen molar-refractivity contribution in [1.29, 1.82) is 0 Å². The zero-order valence-corrected chi connectivity index (χ0v) is 15.6. The van der Waals surface area contributed by atoms with Gasteiger partial charge in [0, 0.05) is 19.0 Å². The standard InChI is InChI=1S/C19H19F3N6O/c1-12-16(9-25-28(12)15-6-2-5-14(8-15)19(20,21)22)18(29)27-7-3-4-13(10-27)17-23-11-24-26-17/h2,5-6,8-9,11,13H,3-4,7,10H2,1H3,(H,23,24,26). The number of alkyl halides is 3. The molecule has 1 atom stereocenters. The molecular formula is C19H19F3N6O. The van der Waals surface area contributed by atoms with E-state index < -0.39 is 11.7 Å². The summed E-state index contributed by atoms with van der Waals surface area (Å²) in [6.07, 6.45) is 0.147. The highest BCUT2D eigenvalue weighted by atomic mass is 19.4. The van der Waals surface area contributed by atoms with Crippen LogP contribution in [0, 0.1) is 6.92 Å². The minimum absolute atomic E-state index is 0.0778. The molecule has 1 unspecified atom stereocenters. The second-order valence-corrected chi connectivity index (χ2v) is 7.06. The number of hydrogen-bond acceptors (Lipinski definition) is 4. The lowest BCUT2D eigenvalue weighted by atomic mass is 9.97. The Balaban J connectivity index is 1.58. The third-order valence-corrected chi connectivity index (χ3v) is 5.19. The highest BCUT2D eigenvalue weighted by Gasteiger charge is 2.31. The summed E-state index contributed by atoms with van der Waals surface area (Å²) in [6, 6.07) is 4.89. The maximum Gasteiger partial charge on any atom is 0.416 e. The van der Waals surface area contributed by atoms with Gasteiger partial charge in [-0.1, -0.05) is 6.07 Å². The number of aromatic amines is 1. The molecule has 1 fully saturated rings. The van der Waals surface area contributed by atoms with E-state index in [1.165, 1.54) is 29.3 Å². The highest BCUT2D eigenvalue weighted by molar-refractivity contribution is 5.95. The Morgan fingerprint density at radius 2 is 2.14 bits per heavy atom. The van der Waals surface area contributed by atoms with Gasteiger partial charge in [-0.05, 0) is 38.0 Å². The number of carbonyl (C=O) groups excluding carboxylic acids is 1. The van der Waals surface area contributed by atoms with E-state index in [1.807, 2.05) is 0 Å². The van der Waals surface area contributed by atoms with Gasteiger partial charge >= 0.3 is 6.18 Å². The number of nitrogens with one attached hydrogen (secondary N) is 1. The molecule has 0 radical (unpaired) electrons. The fourth-order valence-electron chi connectivity index (χ4n) is 3.66. The first-order valence-corrected chi connectivity index (χ1v) is 9.21. The van der Waals surface area contributed by atoms with Crippen molar-refractivity contribution in [3.8, 4) is 5.69 Å². The van der Waals surface area contributed by atoms with Gasteiger partial charge in [0.2, 0.25) is 0 Å². The molecule has 10 heteroatoms. The number of carbonyl (C=O) groups is 1. The van der Waals surface area contributed by atoms with E-state index in [-0.39, 0.29) is 17.5 Å². The van der Waals surface area contributed by atoms with E-state index in [0.29, 0.717) is 24.3 Å². The normalized spacial score (nSPS) is 17.5. The molecule has 1 aromatic carbocycles. The summed E-state index contributed by atoms with van der Waals surface area (Å²) in [5.41, 5.74) is 0.370. The minimum Gasteiger partial charge on any atom is -0.338 e. The van der Waals surface area contributed by atoms with Crippen LogP contribution in [0.15, 0.2) is 36.8 Å². The fourth-order valence-corrected chi connectivity index (χ4v) is 3.66. The van der Waals surface area contributed by atoms with Gasteiger partial charge in [-0.25, -0.2) is 9.67 Å². The van der Waals surface area contributed by atoms with Crippen molar-refractivity contribution in [1.82, 2.24) is 29.9 Å². The van der Waals surface area contributed by atoms with Gasteiger partial charge in [-0.3, -0.25) is 9.89 Å². The summed E-state index contributed by atoms with van der Waals surface area (Å²) in [5.74, 6) is 0.637. The van der Waals surface area contributed by atoms with E-state index in [4.69, 9.17) is 0 Å². The van der Waals surface area contributed by atoms with Gasteiger partial charge in [0.1, 0.15) is 12.2 Å². The molecule has 3 aromatic rings. The first-order chi connectivity index (χ1) is 13.8. The van der Waals surface area contributed by atoms with E-state index in [0.717, 1.165) is 30.8 Å². The largest absolute Gasteiger partial charge is 0.416 e. The van der Waals surface area contributed by atoms with E-state index >= 15 is 0 Å². The smallest absolute Gasteiger partial charge is 0.338 e. The SMILES string of the molecule is Cc1c(C(=O)N2CCCC(c3ncn[nH]3)C2)cnn1-c1cccc(C(F)(F)F)c1. The number of H-pyrrole nitrogens is 1. The van der Waals surface area contributed by atoms with E-state index in [9.17, 15) is 18.0 Å². The van der Waals surface area contributed by atoms with Crippen LogP contribution in [0.3, 0.4) is 0 Å². The molecule has 2 aromatic heterocycles. The number of likely N-dealkylation sites (tertiary alicyclic amines) is 1. The number of halogens is 3. The van der Waals surface area contributed by atoms with Crippen molar-refractivity contribution >= 4 is 5.91 Å². The molecule has 0 spiro atoms. The van der Waals surface area contributed by atoms with Crippen LogP contribution in [-0.2, 0) is 6.18 Å². The lowest BCUT2D eigenvalue weighted by molar-refractivity contribution is -0.137. The summed E-state index contributed by atoms with van der Waals surface area (Å²) in [6.45, 7) is 2.79. The van der Waals surface area contributed by atoms with Crippen LogP contribution in [0.4, 0.5) is 13.2 Å². The van der Waals surface area contributed by atoms with Gasteiger partial charge in [0.25, 0.3) is 5.91 Å². The van der Waals surface area contributed by atoms with E-state index in [1.54, 1.807) is 11.8 Å². The molecule has 1 aliphatic rings. The molecule has 1 saturated heterocycles. The second kappa shape index (κ2) is 7.34. The molecular weight excluding hydrogens is 385 g/mol. The summed E-state index contributed by atoms with van der Waals surface area (Å²) < 4.78 is 40.4. The molecule has 1 aliphatic heterocycles. The predicted molar refractivity (Wildman–Crippen MR) is 97.6 cm³/mol. The first-order valence-electron chi connectivity index (χ1n) is 9.21. The molecule has 1 amide bonds. The zero-order chi connectivity index (χ0) is 20.6. The van der Waals surface area contributed by atoms with Crippen molar-refractivity contribution in [2.24, 2.45) is 0 Å². The van der Waals surface area contributed by atoms with Crippen molar-refractivity contribution in [2.45, 2.75) is 31.9 Å². The topological polar surface area (TPSA) is 79.7 Å². The molecule has 29 heavy (non-hydrogen) atoms. The monoisotopic (exact) mass is 404 g/mol. The van der Waals surface area contributed by atoms with Gasteiger partial charge < -0.3 is 4.90 Å². The van der Waals surface area contributed by atoms with Gasteiger partial charge in [0.15, 0.2) is 0 Å². The number of aromatic nitrogens is 5.